The van der Waals surface area contributed by atoms with Gasteiger partial charge in [0.25, 0.3) is 0 Å². The molecule has 0 spiro atoms. The fraction of sp³-hybridized carbons (Fsp3) is 0.957. The van der Waals surface area contributed by atoms with E-state index in [1.54, 1.807) is 0 Å². The van der Waals surface area contributed by atoms with Gasteiger partial charge < -0.3 is 4.74 Å². The van der Waals surface area contributed by atoms with Gasteiger partial charge in [0.05, 0.1) is 0 Å². The molecule has 0 radical (unpaired) electrons. The van der Waals surface area contributed by atoms with Crippen LogP contribution < -0.4 is 0 Å². The monoisotopic (exact) mass is 354 g/mol. The van der Waals surface area contributed by atoms with Crippen LogP contribution in [0.15, 0.2) is 0 Å². The van der Waals surface area contributed by atoms with E-state index in [1.807, 2.05) is 0 Å². The minimum atomic E-state index is -0.00522. The molecule has 0 aliphatic carbocycles. The molecule has 3 atom stereocenters. The fourth-order valence-electron chi connectivity index (χ4n) is 3.37. The third-order valence-corrected chi connectivity index (χ3v) is 5.53. The Bertz CT molecular complexity index is 311. The molecule has 0 heterocycles. The second-order valence-corrected chi connectivity index (χ2v) is 8.56. The summed E-state index contributed by atoms with van der Waals surface area (Å²) >= 11 is 0. The van der Waals surface area contributed by atoms with Crippen LogP contribution in [0.3, 0.4) is 0 Å². The number of esters is 1. The number of carbonyl (C=O) groups is 1. The van der Waals surface area contributed by atoms with Crippen LogP contribution in [0, 0.1) is 17.8 Å². The number of hydrogen-bond acceptors (Lipinski definition) is 2. The predicted octanol–water partition coefficient (Wildman–Crippen LogP) is 7.55. The summed E-state index contributed by atoms with van der Waals surface area (Å²) in [6, 6.07) is 0. The molecular weight excluding hydrogens is 308 g/mol. The van der Waals surface area contributed by atoms with Crippen LogP contribution >= 0.6 is 0 Å². The Morgan fingerprint density at radius 1 is 0.720 bits per heavy atom. The molecule has 0 rings (SSSR count). The average molecular weight is 355 g/mol. The first-order valence-corrected chi connectivity index (χ1v) is 11.1. The summed E-state index contributed by atoms with van der Waals surface area (Å²) in [7, 11) is 0. The first-order chi connectivity index (χ1) is 11.9. The van der Waals surface area contributed by atoms with Gasteiger partial charge >= 0.3 is 5.97 Å². The summed E-state index contributed by atoms with van der Waals surface area (Å²) in [5.41, 5.74) is 0. The van der Waals surface area contributed by atoms with Crippen LogP contribution in [0.1, 0.15) is 119 Å². The summed E-state index contributed by atoms with van der Waals surface area (Å²) in [4.78, 5) is 12.0. The molecule has 0 aromatic rings. The largest absolute Gasteiger partial charge is 0.462 e. The molecule has 0 aliphatic heterocycles. The van der Waals surface area contributed by atoms with Crippen molar-refractivity contribution < 1.29 is 9.53 Å². The molecule has 0 amide bonds. The number of rotatable bonds is 16. The zero-order chi connectivity index (χ0) is 19.1. The first kappa shape index (κ1) is 24.5. The lowest BCUT2D eigenvalue weighted by molar-refractivity contribution is -0.152. The van der Waals surface area contributed by atoms with E-state index in [1.165, 1.54) is 57.8 Å². The van der Waals surface area contributed by atoms with E-state index in [0.717, 1.165) is 18.8 Å². The van der Waals surface area contributed by atoms with Crippen molar-refractivity contribution in [2.75, 3.05) is 0 Å². The summed E-state index contributed by atoms with van der Waals surface area (Å²) in [5, 5.41) is 0. The Morgan fingerprint density at radius 3 is 1.64 bits per heavy atom. The molecule has 2 nitrogen and oxygen atoms in total. The van der Waals surface area contributed by atoms with Crippen LogP contribution in [-0.4, -0.2) is 12.1 Å². The highest BCUT2D eigenvalue weighted by Gasteiger charge is 2.18. The van der Waals surface area contributed by atoms with Gasteiger partial charge in [-0.15, -0.1) is 0 Å². The first-order valence-electron chi connectivity index (χ1n) is 11.1. The van der Waals surface area contributed by atoms with Crippen LogP contribution in [0.2, 0.25) is 0 Å². The maximum absolute atomic E-state index is 12.0. The number of ether oxygens (including phenoxy) is 1. The number of unbranched alkanes of at least 4 members (excludes halogenated alkanes) is 6. The molecule has 2 heteroatoms. The standard InChI is InChI=1S/C23H46O2/c1-7-20(5)16-14-12-10-9-11-13-15-17-21(6)18-23(24)25-22(8-2)19(3)4/h19-22H,7-18H2,1-6H3/t20?,21?,22-/m1/s1. The van der Waals surface area contributed by atoms with E-state index < -0.39 is 0 Å². The normalized spacial score (nSPS) is 15.2. The van der Waals surface area contributed by atoms with Gasteiger partial charge in [-0.05, 0) is 24.2 Å². The van der Waals surface area contributed by atoms with E-state index in [-0.39, 0.29) is 12.1 Å². The number of hydrogen-bond donors (Lipinski definition) is 0. The topological polar surface area (TPSA) is 26.3 Å². The highest BCUT2D eigenvalue weighted by molar-refractivity contribution is 5.69. The van der Waals surface area contributed by atoms with Crippen molar-refractivity contribution in [2.24, 2.45) is 17.8 Å². The second kappa shape index (κ2) is 15.7. The predicted molar refractivity (Wildman–Crippen MR) is 110 cm³/mol. The lowest BCUT2D eigenvalue weighted by Crippen LogP contribution is -2.23. The molecule has 0 bridgehead atoms. The van der Waals surface area contributed by atoms with Crippen molar-refractivity contribution in [3.05, 3.63) is 0 Å². The van der Waals surface area contributed by atoms with E-state index in [0.29, 0.717) is 18.3 Å². The molecule has 0 saturated heterocycles. The van der Waals surface area contributed by atoms with Crippen LogP contribution in [-0.2, 0) is 9.53 Å². The van der Waals surface area contributed by atoms with Crippen LogP contribution in [0.25, 0.3) is 0 Å². The van der Waals surface area contributed by atoms with Gasteiger partial charge in [-0.2, -0.15) is 0 Å². The van der Waals surface area contributed by atoms with E-state index >= 15 is 0 Å². The van der Waals surface area contributed by atoms with Gasteiger partial charge in [0.15, 0.2) is 0 Å². The van der Waals surface area contributed by atoms with Crippen molar-refractivity contribution in [2.45, 2.75) is 125 Å². The molecule has 0 aliphatic rings. The summed E-state index contributed by atoms with van der Waals surface area (Å²) in [6.45, 7) is 13.2. The highest BCUT2D eigenvalue weighted by atomic mass is 16.5. The number of carbonyl (C=O) groups excluding carboxylic acids is 1. The zero-order valence-corrected chi connectivity index (χ0v) is 18.1. The molecule has 0 fully saturated rings. The van der Waals surface area contributed by atoms with Crippen molar-refractivity contribution >= 4 is 5.97 Å². The second-order valence-electron chi connectivity index (χ2n) is 8.56. The molecule has 0 saturated carbocycles. The lowest BCUT2D eigenvalue weighted by atomic mass is 9.97. The quantitative estimate of drug-likeness (QED) is 0.211. The Hall–Kier alpha value is -0.530. The SMILES string of the molecule is CCC(C)CCCCCCCCCC(C)CC(=O)O[C@H](CC)C(C)C. The Kier molecular flexibility index (Phi) is 15.4. The lowest BCUT2D eigenvalue weighted by Gasteiger charge is -2.20. The molecule has 0 aromatic heterocycles. The van der Waals surface area contributed by atoms with E-state index in [2.05, 4.69) is 41.5 Å². The van der Waals surface area contributed by atoms with Gasteiger partial charge in [-0.1, -0.05) is 106 Å². The minimum absolute atomic E-state index is 0.00522. The molecule has 0 aromatic carbocycles. The Labute approximate surface area is 158 Å². The molecule has 0 N–H and O–H groups in total. The van der Waals surface area contributed by atoms with E-state index in [9.17, 15) is 4.79 Å². The Balaban J connectivity index is 3.54. The Morgan fingerprint density at radius 2 is 1.20 bits per heavy atom. The molecular formula is C23H46O2. The van der Waals surface area contributed by atoms with Gasteiger partial charge in [0.2, 0.25) is 0 Å². The van der Waals surface area contributed by atoms with E-state index in [4.69, 9.17) is 4.74 Å². The van der Waals surface area contributed by atoms with Gasteiger partial charge in [-0.25, -0.2) is 0 Å². The van der Waals surface area contributed by atoms with Crippen LogP contribution in [0.5, 0.6) is 0 Å². The van der Waals surface area contributed by atoms with Gasteiger partial charge in [0.1, 0.15) is 6.10 Å². The highest BCUT2D eigenvalue weighted by Crippen LogP contribution is 2.18. The maximum Gasteiger partial charge on any atom is 0.306 e. The molecule has 2 unspecified atom stereocenters. The smallest absolute Gasteiger partial charge is 0.306 e. The van der Waals surface area contributed by atoms with Crippen molar-refractivity contribution in [1.82, 2.24) is 0 Å². The maximum atomic E-state index is 12.0. The summed E-state index contributed by atoms with van der Waals surface area (Å²) in [5.74, 6) is 1.76. The fourth-order valence-corrected chi connectivity index (χ4v) is 3.37. The van der Waals surface area contributed by atoms with Crippen LogP contribution in [0.4, 0.5) is 0 Å². The summed E-state index contributed by atoms with van der Waals surface area (Å²) in [6.07, 6.45) is 15.0. The third kappa shape index (κ3) is 14.3. The molecule has 25 heavy (non-hydrogen) atoms. The third-order valence-electron chi connectivity index (χ3n) is 5.53. The minimum Gasteiger partial charge on any atom is -0.462 e. The van der Waals surface area contributed by atoms with Gasteiger partial charge in [0, 0.05) is 6.42 Å². The van der Waals surface area contributed by atoms with Gasteiger partial charge in [-0.3, -0.25) is 4.79 Å². The van der Waals surface area contributed by atoms with Crippen molar-refractivity contribution in [3.63, 3.8) is 0 Å². The summed E-state index contributed by atoms with van der Waals surface area (Å²) < 4.78 is 5.60. The molecule has 150 valence electrons. The van der Waals surface area contributed by atoms with Crippen molar-refractivity contribution in [3.8, 4) is 0 Å². The van der Waals surface area contributed by atoms with Crippen molar-refractivity contribution in [1.29, 1.82) is 0 Å². The zero-order valence-electron chi connectivity index (χ0n) is 18.1. The average Bonchev–Trinajstić information content (AvgIpc) is 2.57.